The highest BCUT2D eigenvalue weighted by Gasteiger charge is 2.22. The van der Waals surface area contributed by atoms with Crippen molar-refractivity contribution in [2.45, 2.75) is 19.3 Å². The number of halogens is 1. The Morgan fingerprint density at radius 1 is 1.53 bits per heavy atom. The van der Waals surface area contributed by atoms with Crippen molar-refractivity contribution in [3.63, 3.8) is 0 Å². The minimum absolute atomic E-state index is 0.101. The minimum atomic E-state index is -0.505. The lowest BCUT2D eigenvalue weighted by atomic mass is 9.91. The van der Waals surface area contributed by atoms with Crippen LogP contribution in [0.15, 0.2) is 18.2 Å². The fourth-order valence-corrected chi connectivity index (χ4v) is 2.31. The number of hydrogen-bond donors (Lipinski definition) is 1. The molecular formula is C12H15FN2O2. The van der Waals surface area contributed by atoms with E-state index in [1.54, 1.807) is 0 Å². The third-order valence-corrected chi connectivity index (χ3v) is 3.18. The molecule has 2 rings (SSSR count). The molecule has 0 saturated carbocycles. The number of piperidine rings is 1. The first kappa shape index (κ1) is 12.0. The molecule has 4 nitrogen and oxygen atoms in total. The van der Waals surface area contributed by atoms with Crippen LogP contribution in [0.4, 0.5) is 10.1 Å². The topological polar surface area (TPSA) is 55.2 Å². The van der Waals surface area contributed by atoms with Gasteiger partial charge in [0, 0.05) is 6.07 Å². The Labute approximate surface area is 99.0 Å². The normalized spacial score (nSPS) is 20.2. The second-order valence-corrected chi connectivity index (χ2v) is 4.41. The Hall–Kier alpha value is -1.49. The summed E-state index contributed by atoms with van der Waals surface area (Å²) in [6.45, 7) is 1.79. The van der Waals surface area contributed by atoms with Gasteiger partial charge in [-0.05, 0) is 44.3 Å². The maximum Gasteiger partial charge on any atom is 0.275 e. The Kier molecular flexibility index (Phi) is 3.68. The fraction of sp³-hybridized carbons (Fsp3) is 0.500. The van der Waals surface area contributed by atoms with E-state index >= 15 is 0 Å². The van der Waals surface area contributed by atoms with Gasteiger partial charge in [0.1, 0.15) is 5.82 Å². The first-order chi connectivity index (χ1) is 8.18. The predicted molar refractivity (Wildman–Crippen MR) is 62.4 cm³/mol. The zero-order valence-corrected chi connectivity index (χ0v) is 9.49. The molecular weight excluding hydrogens is 223 g/mol. The Morgan fingerprint density at radius 2 is 2.35 bits per heavy atom. The van der Waals surface area contributed by atoms with E-state index in [4.69, 9.17) is 0 Å². The molecule has 1 atom stereocenters. The van der Waals surface area contributed by atoms with Crippen LogP contribution in [-0.2, 0) is 6.42 Å². The fourth-order valence-electron chi connectivity index (χ4n) is 2.31. The van der Waals surface area contributed by atoms with Crippen molar-refractivity contribution in [1.82, 2.24) is 5.32 Å². The lowest BCUT2D eigenvalue weighted by molar-refractivity contribution is -0.385. The number of benzene rings is 1. The van der Waals surface area contributed by atoms with E-state index in [1.807, 2.05) is 0 Å². The molecule has 1 saturated heterocycles. The third-order valence-electron chi connectivity index (χ3n) is 3.18. The van der Waals surface area contributed by atoms with Gasteiger partial charge in [-0.2, -0.15) is 0 Å². The molecule has 0 radical (unpaired) electrons. The zero-order chi connectivity index (χ0) is 12.3. The monoisotopic (exact) mass is 238 g/mol. The van der Waals surface area contributed by atoms with Gasteiger partial charge in [-0.15, -0.1) is 0 Å². The molecule has 0 spiro atoms. The van der Waals surface area contributed by atoms with Crippen LogP contribution < -0.4 is 5.32 Å². The van der Waals surface area contributed by atoms with Gasteiger partial charge in [0.05, 0.1) is 10.5 Å². The molecule has 17 heavy (non-hydrogen) atoms. The average Bonchev–Trinajstić information content (AvgIpc) is 2.33. The van der Waals surface area contributed by atoms with E-state index in [-0.39, 0.29) is 11.3 Å². The molecule has 5 heteroatoms. The number of nitro groups is 1. The lowest BCUT2D eigenvalue weighted by Gasteiger charge is -2.22. The predicted octanol–water partition coefficient (Wildman–Crippen LogP) is 2.28. The van der Waals surface area contributed by atoms with E-state index < -0.39 is 10.7 Å². The van der Waals surface area contributed by atoms with Crippen LogP contribution in [-0.4, -0.2) is 18.0 Å². The summed E-state index contributed by atoms with van der Waals surface area (Å²) in [5, 5.41) is 14.1. The molecule has 0 bridgehead atoms. The van der Waals surface area contributed by atoms with E-state index in [0.29, 0.717) is 12.3 Å². The second kappa shape index (κ2) is 5.23. The molecule has 1 aromatic carbocycles. The molecule has 0 amide bonds. The summed E-state index contributed by atoms with van der Waals surface area (Å²) in [5.41, 5.74) is 0.141. The van der Waals surface area contributed by atoms with Gasteiger partial charge in [-0.25, -0.2) is 4.39 Å². The van der Waals surface area contributed by atoms with Crippen molar-refractivity contribution in [2.24, 2.45) is 5.92 Å². The van der Waals surface area contributed by atoms with Crippen LogP contribution >= 0.6 is 0 Å². The van der Waals surface area contributed by atoms with Gasteiger partial charge in [0.15, 0.2) is 0 Å². The molecule has 1 aliphatic rings. The maximum atomic E-state index is 13.6. The zero-order valence-electron chi connectivity index (χ0n) is 9.49. The molecule has 1 N–H and O–H groups in total. The molecule has 0 aromatic heterocycles. The highest BCUT2D eigenvalue weighted by molar-refractivity contribution is 5.41. The first-order valence-electron chi connectivity index (χ1n) is 5.81. The van der Waals surface area contributed by atoms with E-state index in [2.05, 4.69) is 5.32 Å². The second-order valence-electron chi connectivity index (χ2n) is 4.41. The maximum absolute atomic E-state index is 13.6. The Morgan fingerprint density at radius 3 is 3.00 bits per heavy atom. The van der Waals surface area contributed by atoms with Crippen LogP contribution in [0.3, 0.4) is 0 Å². The van der Waals surface area contributed by atoms with Gasteiger partial charge in [0.2, 0.25) is 0 Å². The average molecular weight is 238 g/mol. The van der Waals surface area contributed by atoms with Crippen molar-refractivity contribution < 1.29 is 9.31 Å². The van der Waals surface area contributed by atoms with E-state index in [9.17, 15) is 14.5 Å². The van der Waals surface area contributed by atoms with Crippen LogP contribution in [0.2, 0.25) is 0 Å². The summed E-state index contributed by atoms with van der Waals surface area (Å²) >= 11 is 0. The Bertz CT molecular complexity index is 417. The van der Waals surface area contributed by atoms with Gasteiger partial charge in [-0.1, -0.05) is 6.07 Å². The van der Waals surface area contributed by atoms with Crippen molar-refractivity contribution >= 4 is 5.69 Å². The summed E-state index contributed by atoms with van der Waals surface area (Å²) in [4.78, 5) is 10.3. The number of nitrogens with one attached hydrogen (secondary N) is 1. The smallest absolute Gasteiger partial charge is 0.275 e. The summed E-state index contributed by atoms with van der Waals surface area (Å²) < 4.78 is 13.6. The van der Waals surface area contributed by atoms with Gasteiger partial charge in [0.25, 0.3) is 5.69 Å². The van der Waals surface area contributed by atoms with Crippen LogP contribution in [0.5, 0.6) is 0 Å². The SMILES string of the molecule is O=[N+]([O-])c1cccc(F)c1CC1CCCNC1. The third kappa shape index (κ3) is 2.79. The summed E-state index contributed by atoms with van der Waals surface area (Å²) in [6, 6.07) is 4.04. The quantitative estimate of drug-likeness (QED) is 0.649. The standard InChI is InChI=1S/C12H15FN2O2/c13-11-4-1-5-12(15(16)17)10(11)7-9-3-2-6-14-8-9/h1,4-5,9,14H,2-3,6-8H2. The molecule has 0 aliphatic carbocycles. The van der Waals surface area contributed by atoms with Gasteiger partial charge < -0.3 is 5.32 Å². The van der Waals surface area contributed by atoms with Gasteiger partial charge in [-0.3, -0.25) is 10.1 Å². The molecule has 1 aromatic rings. The number of nitrogens with zero attached hydrogens (tertiary/aromatic N) is 1. The minimum Gasteiger partial charge on any atom is -0.316 e. The highest BCUT2D eigenvalue weighted by Crippen LogP contribution is 2.26. The number of rotatable bonds is 3. The van der Waals surface area contributed by atoms with Crippen LogP contribution in [0.25, 0.3) is 0 Å². The first-order valence-corrected chi connectivity index (χ1v) is 5.81. The molecule has 92 valence electrons. The molecule has 1 fully saturated rings. The van der Waals surface area contributed by atoms with Crippen molar-refractivity contribution in [3.05, 3.63) is 39.7 Å². The van der Waals surface area contributed by atoms with E-state index in [1.165, 1.54) is 18.2 Å². The molecule has 1 unspecified atom stereocenters. The van der Waals surface area contributed by atoms with Gasteiger partial charge >= 0.3 is 0 Å². The lowest BCUT2D eigenvalue weighted by Crippen LogP contribution is -2.31. The van der Waals surface area contributed by atoms with Crippen molar-refractivity contribution in [3.8, 4) is 0 Å². The molecule has 1 heterocycles. The Balaban J connectivity index is 2.21. The number of hydrogen-bond acceptors (Lipinski definition) is 3. The highest BCUT2D eigenvalue weighted by atomic mass is 19.1. The van der Waals surface area contributed by atoms with Crippen molar-refractivity contribution in [2.75, 3.05) is 13.1 Å². The molecule has 1 aliphatic heterocycles. The van der Waals surface area contributed by atoms with Crippen molar-refractivity contribution in [1.29, 1.82) is 0 Å². The number of nitro benzene ring substituents is 1. The largest absolute Gasteiger partial charge is 0.316 e. The van der Waals surface area contributed by atoms with Crippen LogP contribution in [0.1, 0.15) is 18.4 Å². The summed E-state index contributed by atoms with van der Waals surface area (Å²) in [7, 11) is 0. The van der Waals surface area contributed by atoms with E-state index in [0.717, 1.165) is 25.9 Å². The summed E-state index contributed by atoms with van der Waals surface area (Å²) in [6.07, 6.45) is 2.49. The van der Waals surface area contributed by atoms with Crippen LogP contribution in [0, 0.1) is 21.8 Å². The summed E-state index contributed by atoms with van der Waals surface area (Å²) in [5.74, 6) is -0.177.